The Morgan fingerprint density at radius 3 is 2.52 bits per heavy atom. The number of fused-ring (bicyclic) bond motifs is 1. The van der Waals surface area contributed by atoms with Crippen LogP contribution in [0.25, 0.3) is 10.9 Å². The molecule has 0 aliphatic carbocycles. The molecule has 29 heavy (non-hydrogen) atoms. The number of halogens is 4. The highest BCUT2D eigenvalue weighted by molar-refractivity contribution is 6.05. The third kappa shape index (κ3) is 4.66. The van der Waals surface area contributed by atoms with Crippen molar-refractivity contribution in [3.63, 3.8) is 0 Å². The standard InChI is InChI=1S/C18H21F4N5O2/c1-11(23-15(28)14-12-4-2-3-5-13(12)24-25-14)16(29)27-8-6-26(7-9-27)10-18(21,22)17(19)20/h2-5,11,17H,6-10H2,1H3,(H,23,28)(H,24,25). The van der Waals surface area contributed by atoms with E-state index in [1.165, 1.54) is 16.7 Å². The maximum Gasteiger partial charge on any atom is 0.319 e. The van der Waals surface area contributed by atoms with Crippen LogP contribution in [0.3, 0.4) is 0 Å². The second-order valence-corrected chi connectivity index (χ2v) is 6.98. The molecule has 2 aromatic rings. The fourth-order valence-corrected chi connectivity index (χ4v) is 3.23. The molecule has 1 saturated heterocycles. The number of nitrogens with zero attached hydrogens (tertiary/aromatic N) is 3. The molecule has 1 aliphatic heterocycles. The van der Waals surface area contributed by atoms with Gasteiger partial charge in [-0.1, -0.05) is 18.2 Å². The first-order chi connectivity index (χ1) is 13.7. The molecule has 7 nitrogen and oxygen atoms in total. The van der Waals surface area contributed by atoms with Crippen molar-refractivity contribution in [1.82, 2.24) is 25.3 Å². The van der Waals surface area contributed by atoms with Gasteiger partial charge in [0.1, 0.15) is 6.04 Å². The fraction of sp³-hybridized carbons (Fsp3) is 0.500. The first kappa shape index (κ1) is 21.0. The summed E-state index contributed by atoms with van der Waals surface area (Å²) in [4.78, 5) is 27.7. The normalized spacial score (nSPS) is 17.0. The first-order valence-corrected chi connectivity index (χ1v) is 9.10. The third-order valence-corrected chi connectivity index (χ3v) is 4.84. The third-order valence-electron chi connectivity index (χ3n) is 4.84. The van der Waals surface area contributed by atoms with Crippen LogP contribution in [-0.2, 0) is 4.79 Å². The number of hydrogen-bond acceptors (Lipinski definition) is 4. The number of aromatic amines is 1. The monoisotopic (exact) mass is 415 g/mol. The Kier molecular flexibility index (Phi) is 6.06. The average Bonchev–Trinajstić information content (AvgIpc) is 3.12. The average molecular weight is 415 g/mol. The van der Waals surface area contributed by atoms with E-state index in [-0.39, 0.29) is 37.8 Å². The summed E-state index contributed by atoms with van der Waals surface area (Å²) in [6.45, 7) is 0.808. The molecule has 11 heteroatoms. The van der Waals surface area contributed by atoms with Gasteiger partial charge in [0, 0.05) is 31.6 Å². The quantitative estimate of drug-likeness (QED) is 0.705. The number of carbonyl (C=O) groups is 2. The van der Waals surface area contributed by atoms with E-state index in [0.29, 0.717) is 10.9 Å². The van der Waals surface area contributed by atoms with Gasteiger partial charge in [-0.2, -0.15) is 13.9 Å². The second kappa shape index (κ2) is 8.36. The molecule has 1 unspecified atom stereocenters. The maximum atomic E-state index is 13.2. The minimum atomic E-state index is -4.08. The van der Waals surface area contributed by atoms with Gasteiger partial charge < -0.3 is 10.2 Å². The van der Waals surface area contributed by atoms with Crippen molar-refractivity contribution in [2.45, 2.75) is 25.3 Å². The molecular weight excluding hydrogens is 394 g/mol. The summed E-state index contributed by atoms with van der Waals surface area (Å²) in [6, 6.07) is 6.21. The van der Waals surface area contributed by atoms with Crippen molar-refractivity contribution in [3.8, 4) is 0 Å². The summed E-state index contributed by atoms with van der Waals surface area (Å²) < 4.78 is 51.0. The van der Waals surface area contributed by atoms with Gasteiger partial charge in [-0.05, 0) is 13.0 Å². The smallest absolute Gasteiger partial charge is 0.319 e. The number of H-pyrrole nitrogens is 1. The molecule has 0 radical (unpaired) electrons. The lowest BCUT2D eigenvalue weighted by Crippen LogP contribution is -2.56. The van der Waals surface area contributed by atoms with Gasteiger partial charge in [-0.25, -0.2) is 8.78 Å². The van der Waals surface area contributed by atoms with Crippen molar-refractivity contribution >= 4 is 22.7 Å². The van der Waals surface area contributed by atoms with Gasteiger partial charge in [0.2, 0.25) is 5.91 Å². The Morgan fingerprint density at radius 1 is 1.21 bits per heavy atom. The minimum absolute atomic E-state index is 0.0543. The molecule has 2 heterocycles. The number of rotatable bonds is 6. The number of hydrogen-bond donors (Lipinski definition) is 2. The van der Waals surface area contributed by atoms with E-state index in [0.717, 1.165) is 0 Å². The predicted octanol–water partition coefficient (Wildman–Crippen LogP) is 1.73. The number of para-hydroxylation sites is 1. The summed E-state index contributed by atoms with van der Waals surface area (Å²) in [5.41, 5.74) is 0.854. The van der Waals surface area contributed by atoms with Gasteiger partial charge in [-0.3, -0.25) is 19.6 Å². The lowest BCUT2D eigenvalue weighted by molar-refractivity contribution is -0.148. The molecule has 1 aliphatic rings. The number of piperazine rings is 1. The molecule has 0 saturated carbocycles. The molecule has 0 spiro atoms. The van der Waals surface area contributed by atoms with E-state index < -0.39 is 30.8 Å². The van der Waals surface area contributed by atoms with Crippen molar-refractivity contribution < 1.29 is 27.2 Å². The van der Waals surface area contributed by atoms with E-state index >= 15 is 0 Å². The summed E-state index contributed by atoms with van der Waals surface area (Å²) >= 11 is 0. The Morgan fingerprint density at radius 2 is 1.86 bits per heavy atom. The molecule has 3 rings (SSSR count). The van der Waals surface area contributed by atoms with Gasteiger partial charge in [0.05, 0.1) is 12.1 Å². The number of amides is 2. The van der Waals surface area contributed by atoms with E-state index in [2.05, 4.69) is 15.5 Å². The van der Waals surface area contributed by atoms with E-state index in [9.17, 15) is 27.2 Å². The van der Waals surface area contributed by atoms with Crippen LogP contribution in [-0.4, -0.2) is 82.9 Å². The topological polar surface area (TPSA) is 81.3 Å². The molecule has 1 fully saturated rings. The number of aromatic nitrogens is 2. The number of carbonyl (C=O) groups excluding carboxylic acids is 2. The van der Waals surface area contributed by atoms with Gasteiger partial charge in [-0.15, -0.1) is 0 Å². The molecule has 1 aromatic carbocycles. The Bertz CT molecular complexity index is 880. The van der Waals surface area contributed by atoms with Gasteiger partial charge in [0.15, 0.2) is 5.69 Å². The molecule has 1 atom stereocenters. The summed E-state index contributed by atoms with van der Waals surface area (Å²) in [5.74, 6) is -4.98. The molecular formula is C18H21F4N5O2. The van der Waals surface area contributed by atoms with Gasteiger partial charge in [0.25, 0.3) is 5.91 Å². The second-order valence-electron chi connectivity index (χ2n) is 6.98. The van der Waals surface area contributed by atoms with Crippen LogP contribution in [0.15, 0.2) is 24.3 Å². The van der Waals surface area contributed by atoms with E-state index in [1.54, 1.807) is 24.3 Å². The van der Waals surface area contributed by atoms with Crippen molar-refractivity contribution in [2.75, 3.05) is 32.7 Å². The van der Waals surface area contributed by atoms with Crippen molar-refractivity contribution in [3.05, 3.63) is 30.0 Å². The highest BCUT2D eigenvalue weighted by Gasteiger charge is 2.43. The SMILES string of the molecule is CC(NC(=O)c1n[nH]c2ccccc12)C(=O)N1CCN(CC(F)(F)C(F)F)CC1. The fourth-order valence-electron chi connectivity index (χ4n) is 3.23. The van der Waals surface area contributed by atoms with Gasteiger partial charge >= 0.3 is 12.3 Å². The molecule has 158 valence electrons. The van der Waals surface area contributed by atoms with Crippen LogP contribution in [0.2, 0.25) is 0 Å². The van der Waals surface area contributed by atoms with Crippen LogP contribution in [0.1, 0.15) is 17.4 Å². The van der Waals surface area contributed by atoms with E-state index in [4.69, 9.17) is 0 Å². The predicted molar refractivity (Wildman–Crippen MR) is 97.0 cm³/mol. The van der Waals surface area contributed by atoms with Crippen LogP contribution in [0.5, 0.6) is 0 Å². The highest BCUT2D eigenvalue weighted by Crippen LogP contribution is 2.24. The molecule has 2 N–H and O–H groups in total. The van der Waals surface area contributed by atoms with E-state index in [1.807, 2.05) is 0 Å². The number of benzene rings is 1. The van der Waals surface area contributed by atoms with Crippen LogP contribution in [0, 0.1) is 0 Å². The highest BCUT2D eigenvalue weighted by atomic mass is 19.3. The zero-order valence-corrected chi connectivity index (χ0v) is 15.7. The van der Waals surface area contributed by atoms with Crippen LogP contribution >= 0.6 is 0 Å². The van der Waals surface area contributed by atoms with Crippen molar-refractivity contribution in [1.29, 1.82) is 0 Å². The Balaban J connectivity index is 1.54. The zero-order chi connectivity index (χ0) is 21.2. The summed E-state index contributed by atoms with van der Waals surface area (Å²) in [5, 5.41) is 9.93. The van der Waals surface area contributed by atoms with Crippen molar-refractivity contribution in [2.24, 2.45) is 0 Å². The maximum absolute atomic E-state index is 13.2. The summed E-state index contributed by atoms with van der Waals surface area (Å²) in [6.07, 6.45) is -3.73. The number of alkyl halides is 4. The first-order valence-electron chi connectivity index (χ1n) is 9.10. The lowest BCUT2D eigenvalue weighted by atomic mass is 10.2. The van der Waals surface area contributed by atoms with Crippen LogP contribution in [0.4, 0.5) is 17.6 Å². The summed E-state index contributed by atoms with van der Waals surface area (Å²) in [7, 11) is 0. The largest absolute Gasteiger partial charge is 0.339 e. The Labute approximate surface area is 164 Å². The molecule has 2 amide bonds. The molecule has 0 bridgehead atoms. The zero-order valence-electron chi connectivity index (χ0n) is 15.7. The van der Waals surface area contributed by atoms with Crippen LogP contribution < -0.4 is 5.32 Å². The lowest BCUT2D eigenvalue weighted by Gasteiger charge is -2.37. The Hall–Kier alpha value is -2.69. The molecule has 1 aromatic heterocycles. The number of nitrogens with one attached hydrogen (secondary N) is 2. The minimum Gasteiger partial charge on any atom is -0.339 e.